The molecule has 0 spiro atoms. The molecule has 0 unspecified atom stereocenters. The molecule has 1 aliphatic heterocycles. The summed E-state index contributed by atoms with van der Waals surface area (Å²) in [5.41, 5.74) is 0. The molecule has 0 amide bonds. The molecule has 2 N–H and O–H groups in total. The lowest BCUT2D eigenvalue weighted by Crippen LogP contribution is -2.25. The van der Waals surface area contributed by atoms with Crippen molar-refractivity contribution in [1.29, 1.82) is 0 Å². The van der Waals surface area contributed by atoms with Gasteiger partial charge in [0.15, 0.2) is 0 Å². The van der Waals surface area contributed by atoms with Crippen LogP contribution in [0.25, 0.3) is 0 Å². The van der Waals surface area contributed by atoms with Crippen molar-refractivity contribution in [3.05, 3.63) is 0 Å². The number of hydrogen-bond acceptors (Lipinski definition) is 2. The van der Waals surface area contributed by atoms with Crippen LogP contribution in [0.4, 0.5) is 0 Å². The molecule has 0 aromatic heterocycles. The Balaban J connectivity index is 0.000000490. The Morgan fingerprint density at radius 2 is 1.38 bits per heavy atom. The Labute approximate surface area is 56.4 Å². The van der Waals surface area contributed by atoms with Crippen molar-refractivity contribution in [3.8, 4) is 0 Å². The van der Waals surface area contributed by atoms with Gasteiger partial charge >= 0.3 is 0 Å². The first-order valence-corrected chi connectivity index (χ1v) is 2.91. The predicted octanol–water partition coefficient (Wildman–Crippen LogP) is 0.339. The zero-order chi connectivity index (χ0) is 4.95. The molecule has 8 heavy (non-hydrogen) atoms. The minimum absolute atomic E-state index is 0. The van der Waals surface area contributed by atoms with Crippen molar-refractivity contribution in [2.45, 2.75) is 12.8 Å². The van der Waals surface area contributed by atoms with Gasteiger partial charge in [-0.05, 0) is 25.9 Å². The molecule has 1 aliphatic rings. The van der Waals surface area contributed by atoms with Gasteiger partial charge in [0, 0.05) is 6.67 Å². The lowest BCUT2D eigenvalue weighted by atomic mass is 10.3. The summed E-state index contributed by atoms with van der Waals surface area (Å²) in [5, 5.41) is 6.47. The van der Waals surface area contributed by atoms with Crippen molar-refractivity contribution >= 4 is 12.4 Å². The SMILES string of the molecule is C1CCNCNC1.Cl. The smallest absolute Gasteiger partial charge is 0.0454 e. The number of nitrogens with one attached hydrogen (secondary N) is 2. The van der Waals surface area contributed by atoms with Crippen molar-refractivity contribution in [2.75, 3.05) is 19.8 Å². The van der Waals surface area contributed by atoms with E-state index in [1.165, 1.54) is 25.9 Å². The highest BCUT2D eigenvalue weighted by Crippen LogP contribution is 1.85. The van der Waals surface area contributed by atoms with Gasteiger partial charge in [0.05, 0.1) is 0 Å². The normalized spacial score (nSPS) is 21.0. The van der Waals surface area contributed by atoms with Crippen molar-refractivity contribution in [1.82, 2.24) is 10.6 Å². The summed E-state index contributed by atoms with van der Waals surface area (Å²) >= 11 is 0. The van der Waals surface area contributed by atoms with Crippen LogP contribution in [0.2, 0.25) is 0 Å². The van der Waals surface area contributed by atoms with E-state index in [9.17, 15) is 0 Å². The van der Waals surface area contributed by atoms with E-state index in [2.05, 4.69) is 10.6 Å². The Kier molecular flexibility index (Phi) is 5.49. The Bertz CT molecular complexity index is 30.0. The van der Waals surface area contributed by atoms with Gasteiger partial charge in [-0.1, -0.05) is 0 Å². The van der Waals surface area contributed by atoms with Gasteiger partial charge in [0.2, 0.25) is 0 Å². The standard InChI is InChI=1S/C5H12N2.ClH/c1-2-4-7-5-6-3-1;/h6-7H,1-5H2;1H. The van der Waals surface area contributed by atoms with E-state index < -0.39 is 0 Å². The quantitative estimate of drug-likeness (QED) is 0.502. The lowest BCUT2D eigenvalue weighted by molar-refractivity contribution is 0.652. The van der Waals surface area contributed by atoms with E-state index in [4.69, 9.17) is 0 Å². The summed E-state index contributed by atoms with van der Waals surface area (Å²) in [6.07, 6.45) is 2.65. The molecule has 0 aromatic carbocycles. The van der Waals surface area contributed by atoms with Crippen LogP contribution in [0.5, 0.6) is 0 Å². The van der Waals surface area contributed by atoms with Crippen molar-refractivity contribution in [3.63, 3.8) is 0 Å². The third-order valence-electron chi connectivity index (χ3n) is 1.21. The molecule has 1 fully saturated rings. The van der Waals surface area contributed by atoms with Gasteiger partial charge in [0.25, 0.3) is 0 Å². The summed E-state index contributed by atoms with van der Waals surface area (Å²) in [6, 6.07) is 0. The highest BCUT2D eigenvalue weighted by Gasteiger charge is 1.92. The van der Waals surface area contributed by atoms with Crippen LogP contribution in [-0.2, 0) is 0 Å². The summed E-state index contributed by atoms with van der Waals surface area (Å²) in [4.78, 5) is 0. The minimum atomic E-state index is 0. The van der Waals surface area contributed by atoms with E-state index in [0.29, 0.717) is 0 Å². The monoisotopic (exact) mass is 136 g/mol. The molecule has 0 bridgehead atoms. The molecule has 0 aliphatic carbocycles. The fourth-order valence-corrected chi connectivity index (χ4v) is 0.765. The first-order valence-electron chi connectivity index (χ1n) is 2.91. The van der Waals surface area contributed by atoms with Gasteiger partial charge in [-0.3, -0.25) is 0 Å². The zero-order valence-corrected chi connectivity index (χ0v) is 5.76. The molecule has 0 aromatic rings. The summed E-state index contributed by atoms with van der Waals surface area (Å²) in [7, 11) is 0. The van der Waals surface area contributed by atoms with Crippen LogP contribution >= 0.6 is 12.4 Å². The van der Waals surface area contributed by atoms with Crippen LogP contribution < -0.4 is 10.6 Å². The molecule has 0 radical (unpaired) electrons. The summed E-state index contributed by atoms with van der Waals surface area (Å²) < 4.78 is 0. The summed E-state index contributed by atoms with van der Waals surface area (Å²) in [6.45, 7) is 3.38. The first-order chi connectivity index (χ1) is 3.50. The zero-order valence-electron chi connectivity index (χ0n) is 4.94. The first kappa shape index (κ1) is 8.21. The maximum atomic E-state index is 3.24. The van der Waals surface area contributed by atoms with Crippen LogP contribution in [-0.4, -0.2) is 19.8 Å². The molecule has 1 rings (SSSR count). The molecule has 1 saturated heterocycles. The van der Waals surface area contributed by atoms with E-state index in [1.807, 2.05) is 0 Å². The van der Waals surface area contributed by atoms with E-state index in [0.717, 1.165) is 6.67 Å². The fraction of sp³-hybridized carbons (Fsp3) is 1.00. The Morgan fingerprint density at radius 1 is 0.875 bits per heavy atom. The topological polar surface area (TPSA) is 24.1 Å². The maximum absolute atomic E-state index is 3.24. The molecule has 50 valence electrons. The van der Waals surface area contributed by atoms with Crippen LogP contribution in [0.15, 0.2) is 0 Å². The van der Waals surface area contributed by atoms with Crippen LogP contribution in [0, 0.1) is 0 Å². The average molecular weight is 137 g/mol. The Morgan fingerprint density at radius 3 is 1.88 bits per heavy atom. The molecule has 3 heteroatoms. The van der Waals surface area contributed by atoms with Gasteiger partial charge < -0.3 is 10.6 Å². The van der Waals surface area contributed by atoms with E-state index in [-0.39, 0.29) is 12.4 Å². The van der Waals surface area contributed by atoms with Gasteiger partial charge in [0.1, 0.15) is 0 Å². The van der Waals surface area contributed by atoms with Gasteiger partial charge in [-0.2, -0.15) is 0 Å². The predicted molar refractivity (Wildman–Crippen MR) is 37.4 cm³/mol. The molecule has 2 nitrogen and oxygen atoms in total. The van der Waals surface area contributed by atoms with Crippen molar-refractivity contribution in [2.24, 2.45) is 0 Å². The largest absolute Gasteiger partial charge is 0.304 e. The lowest BCUT2D eigenvalue weighted by Gasteiger charge is -1.94. The molecule has 0 atom stereocenters. The minimum Gasteiger partial charge on any atom is -0.304 e. The fourth-order valence-electron chi connectivity index (χ4n) is 0.765. The second kappa shape index (κ2) is 5.35. The van der Waals surface area contributed by atoms with E-state index >= 15 is 0 Å². The van der Waals surface area contributed by atoms with E-state index in [1.54, 1.807) is 0 Å². The van der Waals surface area contributed by atoms with Crippen LogP contribution in [0.1, 0.15) is 12.8 Å². The molecule has 0 saturated carbocycles. The molecule has 1 heterocycles. The van der Waals surface area contributed by atoms with Gasteiger partial charge in [-0.15, -0.1) is 12.4 Å². The Hall–Kier alpha value is 0.210. The number of hydrogen-bond donors (Lipinski definition) is 2. The molecular weight excluding hydrogens is 124 g/mol. The van der Waals surface area contributed by atoms with Crippen molar-refractivity contribution < 1.29 is 0 Å². The van der Waals surface area contributed by atoms with Gasteiger partial charge in [-0.25, -0.2) is 0 Å². The second-order valence-electron chi connectivity index (χ2n) is 1.88. The second-order valence-corrected chi connectivity index (χ2v) is 1.88. The van der Waals surface area contributed by atoms with Crippen LogP contribution in [0.3, 0.4) is 0 Å². The molecular formula is C5H13ClN2. The summed E-state index contributed by atoms with van der Waals surface area (Å²) in [5.74, 6) is 0. The highest BCUT2D eigenvalue weighted by atomic mass is 35.5. The number of halogens is 1. The third-order valence-corrected chi connectivity index (χ3v) is 1.21. The maximum Gasteiger partial charge on any atom is 0.0454 e. The number of rotatable bonds is 0. The highest BCUT2D eigenvalue weighted by molar-refractivity contribution is 5.85. The third kappa shape index (κ3) is 3.24. The average Bonchev–Trinajstić information content (AvgIpc) is 1.90.